The minimum Gasteiger partial charge on any atom is -0.493 e. The molecule has 1 fully saturated rings. The Morgan fingerprint density at radius 1 is 1.15 bits per heavy atom. The van der Waals surface area contributed by atoms with E-state index in [2.05, 4.69) is 21.4 Å². The van der Waals surface area contributed by atoms with E-state index in [1.165, 1.54) is 5.56 Å². The summed E-state index contributed by atoms with van der Waals surface area (Å²) in [5, 5.41) is 6.56. The van der Waals surface area contributed by atoms with E-state index in [9.17, 15) is 4.79 Å². The van der Waals surface area contributed by atoms with Crippen molar-refractivity contribution in [3.63, 3.8) is 0 Å². The van der Waals surface area contributed by atoms with Gasteiger partial charge in [-0.05, 0) is 31.0 Å². The number of hydrogen-bond donors (Lipinski definition) is 1. The molecule has 0 saturated carbocycles. The fraction of sp³-hybridized carbons (Fsp3) is 0.474. The average Bonchev–Trinajstić information content (AvgIpc) is 3.11. The van der Waals surface area contributed by atoms with E-state index in [0.717, 1.165) is 37.6 Å². The van der Waals surface area contributed by atoms with Gasteiger partial charge in [0, 0.05) is 38.8 Å². The normalized spacial score (nSPS) is 14.9. The number of nitrogens with zero attached hydrogens (tertiary/aromatic N) is 3. The molecule has 1 aliphatic heterocycles. The number of amides is 2. The second kappa shape index (κ2) is 8.77. The van der Waals surface area contributed by atoms with E-state index < -0.39 is 0 Å². The van der Waals surface area contributed by atoms with Gasteiger partial charge in [0.05, 0.1) is 14.2 Å². The number of methoxy groups -OCH3 is 2. The molecule has 1 aromatic carbocycles. The molecule has 146 valence electrons. The fourth-order valence-electron chi connectivity index (χ4n) is 3.11. The maximum atomic E-state index is 12.3. The van der Waals surface area contributed by atoms with Crippen LogP contribution in [0, 0.1) is 6.92 Å². The zero-order valence-corrected chi connectivity index (χ0v) is 16.0. The van der Waals surface area contributed by atoms with Gasteiger partial charge in [-0.25, -0.2) is 4.79 Å². The van der Waals surface area contributed by atoms with Gasteiger partial charge < -0.3 is 18.9 Å². The van der Waals surface area contributed by atoms with E-state index in [-0.39, 0.29) is 6.03 Å². The van der Waals surface area contributed by atoms with Gasteiger partial charge in [-0.1, -0.05) is 11.2 Å². The number of nitrogens with one attached hydrogen (secondary N) is 1. The molecule has 2 heterocycles. The Morgan fingerprint density at radius 2 is 1.89 bits per heavy atom. The van der Waals surface area contributed by atoms with E-state index in [1.54, 1.807) is 32.1 Å². The minimum absolute atomic E-state index is 0.136. The first-order valence-electron chi connectivity index (χ1n) is 9.01. The first-order valence-corrected chi connectivity index (χ1v) is 9.01. The van der Waals surface area contributed by atoms with E-state index in [4.69, 9.17) is 14.0 Å². The van der Waals surface area contributed by atoms with Crippen LogP contribution in [0.25, 0.3) is 0 Å². The van der Waals surface area contributed by atoms with Crippen LogP contribution < -0.4 is 14.8 Å². The van der Waals surface area contributed by atoms with Crippen LogP contribution in [0.15, 0.2) is 28.8 Å². The molecule has 0 spiro atoms. The summed E-state index contributed by atoms with van der Waals surface area (Å²) in [5.74, 6) is 2.61. The van der Waals surface area contributed by atoms with Gasteiger partial charge in [0.15, 0.2) is 17.3 Å². The molecule has 0 bridgehead atoms. The molecule has 2 aromatic rings. The molecule has 27 heavy (non-hydrogen) atoms. The van der Waals surface area contributed by atoms with Crippen LogP contribution in [-0.2, 0) is 6.42 Å². The molecule has 3 rings (SSSR count). The molecule has 0 aliphatic carbocycles. The van der Waals surface area contributed by atoms with Crippen molar-refractivity contribution in [2.24, 2.45) is 0 Å². The fourth-order valence-corrected chi connectivity index (χ4v) is 3.11. The summed E-state index contributed by atoms with van der Waals surface area (Å²) in [4.78, 5) is 16.4. The highest BCUT2D eigenvalue weighted by Gasteiger charge is 2.21. The number of carbonyl (C=O) groups excluding carboxylic acids is 1. The first-order chi connectivity index (χ1) is 13.1. The number of piperazine rings is 1. The Labute approximate surface area is 159 Å². The topological polar surface area (TPSA) is 80.1 Å². The van der Waals surface area contributed by atoms with Gasteiger partial charge in [-0.15, -0.1) is 0 Å². The highest BCUT2D eigenvalue weighted by molar-refractivity contribution is 5.88. The van der Waals surface area contributed by atoms with Gasteiger partial charge in [0.1, 0.15) is 5.76 Å². The standard InChI is InChI=1S/C19H26N4O4/c1-14-12-18(21-27-14)20-19(24)23-10-8-22(9-11-23)7-6-15-4-5-16(25-2)17(13-15)26-3/h4-5,12-13H,6-11H2,1-3H3,(H,20,21,24). The van der Waals surface area contributed by atoms with Crippen molar-refractivity contribution in [3.05, 3.63) is 35.6 Å². The van der Waals surface area contributed by atoms with E-state index in [0.29, 0.717) is 24.7 Å². The Balaban J connectivity index is 1.45. The third-order valence-corrected chi connectivity index (χ3v) is 4.69. The first kappa shape index (κ1) is 19.0. The van der Waals surface area contributed by atoms with Gasteiger partial charge in [-0.2, -0.15) is 0 Å². The number of aromatic nitrogens is 1. The number of rotatable bonds is 6. The van der Waals surface area contributed by atoms with Crippen molar-refractivity contribution in [1.29, 1.82) is 0 Å². The van der Waals surface area contributed by atoms with Crippen molar-refractivity contribution in [2.75, 3.05) is 52.3 Å². The van der Waals surface area contributed by atoms with Crippen LogP contribution in [0.3, 0.4) is 0 Å². The van der Waals surface area contributed by atoms with Gasteiger partial charge in [0.2, 0.25) is 0 Å². The van der Waals surface area contributed by atoms with Crippen LogP contribution in [0.2, 0.25) is 0 Å². The lowest BCUT2D eigenvalue weighted by Gasteiger charge is -2.34. The number of carbonyl (C=O) groups is 1. The average molecular weight is 374 g/mol. The zero-order valence-electron chi connectivity index (χ0n) is 16.0. The van der Waals surface area contributed by atoms with Gasteiger partial charge in [-0.3, -0.25) is 10.2 Å². The third kappa shape index (κ3) is 4.91. The van der Waals surface area contributed by atoms with Gasteiger partial charge in [0.25, 0.3) is 0 Å². The van der Waals surface area contributed by atoms with Crippen LogP contribution in [0.5, 0.6) is 11.5 Å². The smallest absolute Gasteiger partial charge is 0.323 e. The quantitative estimate of drug-likeness (QED) is 0.836. The number of ether oxygens (including phenoxy) is 2. The van der Waals surface area contributed by atoms with Crippen molar-refractivity contribution >= 4 is 11.8 Å². The highest BCUT2D eigenvalue weighted by Crippen LogP contribution is 2.27. The summed E-state index contributed by atoms with van der Waals surface area (Å²) in [6.07, 6.45) is 0.921. The van der Waals surface area contributed by atoms with Gasteiger partial charge >= 0.3 is 6.03 Å². The lowest BCUT2D eigenvalue weighted by atomic mass is 10.1. The maximum absolute atomic E-state index is 12.3. The number of benzene rings is 1. The molecule has 2 amide bonds. The predicted octanol–water partition coefficient (Wildman–Crippen LogP) is 2.39. The Bertz CT molecular complexity index is 769. The number of hydrogen-bond acceptors (Lipinski definition) is 6. The summed E-state index contributed by atoms with van der Waals surface area (Å²) in [6, 6.07) is 7.58. The van der Waals surface area contributed by atoms with Crippen molar-refractivity contribution < 1.29 is 18.8 Å². The molecule has 1 saturated heterocycles. The van der Waals surface area contributed by atoms with Crippen LogP contribution in [0.4, 0.5) is 10.6 Å². The molecular formula is C19H26N4O4. The monoisotopic (exact) mass is 374 g/mol. The summed E-state index contributed by atoms with van der Waals surface area (Å²) in [7, 11) is 3.28. The second-order valence-electron chi connectivity index (χ2n) is 6.52. The molecular weight excluding hydrogens is 348 g/mol. The van der Waals surface area contributed by atoms with Crippen molar-refractivity contribution in [2.45, 2.75) is 13.3 Å². The summed E-state index contributed by atoms with van der Waals surface area (Å²) >= 11 is 0. The third-order valence-electron chi connectivity index (χ3n) is 4.69. The van der Waals surface area contributed by atoms with Crippen LogP contribution >= 0.6 is 0 Å². The number of anilines is 1. The predicted molar refractivity (Wildman–Crippen MR) is 102 cm³/mol. The maximum Gasteiger partial charge on any atom is 0.323 e. The largest absolute Gasteiger partial charge is 0.493 e. The number of urea groups is 1. The van der Waals surface area contributed by atoms with E-state index >= 15 is 0 Å². The zero-order chi connectivity index (χ0) is 19.2. The SMILES string of the molecule is COc1ccc(CCN2CCN(C(=O)Nc3cc(C)on3)CC2)cc1OC. The number of aryl methyl sites for hydroxylation is 1. The summed E-state index contributed by atoms with van der Waals surface area (Å²) < 4.78 is 15.6. The minimum atomic E-state index is -0.136. The van der Waals surface area contributed by atoms with E-state index in [1.807, 2.05) is 12.1 Å². The Hall–Kier alpha value is -2.74. The molecule has 0 radical (unpaired) electrons. The Morgan fingerprint density at radius 3 is 2.52 bits per heavy atom. The summed E-state index contributed by atoms with van der Waals surface area (Å²) in [6.45, 7) is 5.80. The molecule has 8 nitrogen and oxygen atoms in total. The molecule has 0 unspecified atom stereocenters. The highest BCUT2D eigenvalue weighted by atomic mass is 16.5. The molecule has 1 aliphatic rings. The molecule has 0 atom stereocenters. The lowest BCUT2D eigenvalue weighted by molar-refractivity contribution is 0.148. The molecule has 1 N–H and O–H groups in total. The molecule has 8 heteroatoms. The van der Waals surface area contributed by atoms with Crippen LogP contribution in [-0.4, -0.2) is 67.9 Å². The lowest BCUT2D eigenvalue weighted by Crippen LogP contribution is -2.50. The van der Waals surface area contributed by atoms with Crippen molar-refractivity contribution in [1.82, 2.24) is 15.0 Å². The Kier molecular flexibility index (Phi) is 6.18. The van der Waals surface area contributed by atoms with Crippen LogP contribution in [0.1, 0.15) is 11.3 Å². The molecule has 1 aromatic heterocycles. The second-order valence-corrected chi connectivity index (χ2v) is 6.52. The summed E-state index contributed by atoms with van der Waals surface area (Å²) in [5.41, 5.74) is 1.20. The van der Waals surface area contributed by atoms with Crippen molar-refractivity contribution in [3.8, 4) is 11.5 Å².